The standard InChI is InChI=1S/C16H30N4O4S2/c1-4-5-6-7-13(21)19-15(23)17-8-9-25-26-11-14(22)20-16(24)18-10-12(2)3/h12H,4-11H2,1-3H3,(H2,17,19,21,23)(H2,18,20,22,24). The fraction of sp³-hybridized carbons (Fsp3) is 0.750. The van der Waals surface area contributed by atoms with Gasteiger partial charge in [0.2, 0.25) is 11.8 Å². The number of carbonyl (C=O) groups excluding carboxylic acids is 4. The van der Waals surface area contributed by atoms with Gasteiger partial charge in [-0.25, -0.2) is 9.59 Å². The molecule has 0 unspecified atom stereocenters. The number of unbranched alkanes of at least 4 members (excludes halogenated alkanes) is 2. The number of urea groups is 2. The summed E-state index contributed by atoms with van der Waals surface area (Å²) in [6.07, 6.45) is 3.12. The van der Waals surface area contributed by atoms with Gasteiger partial charge in [0.25, 0.3) is 0 Å². The van der Waals surface area contributed by atoms with Crippen molar-refractivity contribution in [3.8, 4) is 0 Å². The molecule has 8 nitrogen and oxygen atoms in total. The van der Waals surface area contributed by atoms with Crippen molar-refractivity contribution in [2.24, 2.45) is 5.92 Å². The minimum Gasteiger partial charge on any atom is -0.338 e. The molecule has 0 atom stereocenters. The highest BCUT2D eigenvalue weighted by Gasteiger charge is 2.09. The summed E-state index contributed by atoms with van der Waals surface area (Å²) in [5.41, 5.74) is 0. The summed E-state index contributed by atoms with van der Waals surface area (Å²) in [5.74, 6) is 0.395. The van der Waals surface area contributed by atoms with Gasteiger partial charge in [0.15, 0.2) is 0 Å². The topological polar surface area (TPSA) is 116 Å². The van der Waals surface area contributed by atoms with E-state index in [1.54, 1.807) is 0 Å². The van der Waals surface area contributed by atoms with E-state index >= 15 is 0 Å². The third kappa shape index (κ3) is 16.1. The van der Waals surface area contributed by atoms with Crippen molar-refractivity contribution < 1.29 is 19.2 Å². The third-order valence-corrected chi connectivity index (χ3v) is 5.20. The van der Waals surface area contributed by atoms with Crippen molar-refractivity contribution in [3.05, 3.63) is 0 Å². The predicted molar refractivity (Wildman–Crippen MR) is 107 cm³/mol. The number of hydrogen-bond donors (Lipinski definition) is 4. The Morgan fingerprint density at radius 3 is 2.19 bits per heavy atom. The van der Waals surface area contributed by atoms with Crippen molar-refractivity contribution in [3.63, 3.8) is 0 Å². The SMILES string of the molecule is CCCCCC(=O)NC(=O)NCCSSCC(=O)NC(=O)NCC(C)C. The lowest BCUT2D eigenvalue weighted by Crippen LogP contribution is -2.41. The van der Waals surface area contributed by atoms with Crippen LogP contribution in [0.3, 0.4) is 0 Å². The summed E-state index contributed by atoms with van der Waals surface area (Å²) in [7, 11) is 2.69. The predicted octanol–water partition coefficient (Wildman–Crippen LogP) is 2.26. The van der Waals surface area contributed by atoms with E-state index in [9.17, 15) is 19.2 Å². The van der Waals surface area contributed by atoms with E-state index in [1.165, 1.54) is 21.6 Å². The van der Waals surface area contributed by atoms with E-state index in [0.717, 1.165) is 19.3 Å². The van der Waals surface area contributed by atoms with E-state index in [2.05, 4.69) is 21.3 Å². The normalized spacial score (nSPS) is 10.3. The molecule has 0 aromatic rings. The summed E-state index contributed by atoms with van der Waals surface area (Å²) in [5, 5.41) is 9.70. The summed E-state index contributed by atoms with van der Waals surface area (Å²) < 4.78 is 0. The van der Waals surface area contributed by atoms with Crippen LogP contribution in [0, 0.1) is 5.92 Å². The van der Waals surface area contributed by atoms with Gasteiger partial charge >= 0.3 is 12.1 Å². The number of hydrogen-bond acceptors (Lipinski definition) is 6. The first-order valence-electron chi connectivity index (χ1n) is 8.74. The van der Waals surface area contributed by atoms with Gasteiger partial charge in [-0.1, -0.05) is 55.2 Å². The maximum atomic E-state index is 11.5. The Balaban J connectivity index is 3.59. The first-order chi connectivity index (χ1) is 12.3. The van der Waals surface area contributed by atoms with E-state index in [1.807, 2.05) is 20.8 Å². The maximum Gasteiger partial charge on any atom is 0.321 e. The van der Waals surface area contributed by atoms with Crippen LogP contribution in [0.1, 0.15) is 46.5 Å². The fourth-order valence-corrected chi connectivity index (χ4v) is 3.37. The largest absolute Gasteiger partial charge is 0.338 e. The quantitative estimate of drug-likeness (QED) is 0.292. The van der Waals surface area contributed by atoms with Gasteiger partial charge in [0, 0.05) is 25.3 Å². The molecule has 0 radical (unpaired) electrons. The van der Waals surface area contributed by atoms with Crippen LogP contribution < -0.4 is 21.3 Å². The smallest absolute Gasteiger partial charge is 0.321 e. The highest BCUT2D eigenvalue weighted by atomic mass is 33.1. The molecule has 0 aromatic carbocycles. The van der Waals surface area contributed by atoms with Gasteiger partial charge in [0.1, 0.15) is 0 Å². The fourth-order valence-electron chi connectivity index (χ4n) is 1.63. The van der Waals surface area contributed by atoms with Gasteiger partial charge < -0.3 is 10.6 Å². The average Bonchev–Trinajstić information content (AvgIpc) is 2.56. The van der Waals surface area contributed by atoms with Crippen LogP contribution in [0.25, 0.3) is 0 Å². The van der Waals surface area contributed by atoms with Crippen LogP contribution in [0.4, 0.5) is 9.59 Å². The van der Waals surface area contributed by atoms with E-state index in [-0.39, 0.29) is 17.6 Å². The van der Waals surface area contributed by atoms with Crippen LogP contribution in [0.5, 0.6) is 0 Å². The van der Waals surface area contributed by atoms with Gasteiger partial charge in [-0.3, -0.25) is 20.2 Å². The van der Waals surface area contributed by atoms with Crippen molar-refractivity contribution in [2.45, 2.75) is 46.5 Å². The molecule has 4 N–H and O–H groups in total. The van der Waals surface area contributed by atoms with Crippen molar-refractivity contribution in [1.29, 1.82) is 0 Å². The molecule has 6 amide bonds. The zero-order chi connectivity index (χ0) is 19.8. The monoisotopic (exact) mass is 406 g/mol. The Morgan fingerprint density at radius 2 is 1.54 bits per heavy atom. The number of carbonyl (C=O) groups is 4. The zero-order valence-electron chi connectivity index (χ0n) is 15.7. The molecule has 0 bridgehead atoms. The number of nitrogens with one attached hydrogen (secondary N) is 4. The van der Waals surface area contributed by atoms with Crippen LogP contribution >= 0.6 is 21.6 Å². The lowest BCUT2D eigenvalue weighted by Gasteiger charge is -2.08. The Bertz CT molecular complexity index is 462. The molecule has 0 saturated carbocycles. The summed E-state index contributed by atoms with van der Waals surface area (Å²) in [4.78, 5) is 45.9. The minimum atomic E-state index is -0.503. The van der Waals surface area contributed by atoms with Gasteiger partial charge in [-0.05, 0) is 12.3 Å². The number of rotatable bonds is 12. The summed E-state index contributed by atoms with van der Waals surface area (Å²) >= 11 is 0. The van der Waals surface area contributed by atoms with E-state index < -0.39 is 12.1 Å². The second-order valence-corrected chi connectivity index (χ2v) is 8.58. The maximum absolute atomic E-state index is 11.5. The van der Waals surface area contributed by atoms with E-state index in [0.29, 0.717) is 31.2 Å². The van der Waals surface area contributed by atoms with Gasteiger partial charge in [-0.15, -0.1) is 0 Å². The Hall–Kier alpha value is -1.42. The Kier molecular flexibility index (Phi) is 14.9. The zero-order valence-corrected chi connectivity index (χ0v) is 17.3. The van der Waals surface area contributed by atoms with Crippen molar-refractivity contribution in [1.82, 2.24) is 21.3 Å². The molecular formula is C16H30N4O4S2. The second kappa shape index (κ2) is 15.8. The molecule has 150 valence electrons. The third-order valence-electron chi connectivity index (χ3n) is 2.93. The van der Waals surface area contributed by atoms with Gasteiger partial charge in [0.05, 0.1) is 5.75 Å². The molecular weight excluding hydrogens is 376 g/mol. The lowest BCUT2D eigenvalue weighted by atomic mass is 10.2. The Labute approximate surface area is 163 Å². The highest BCUT2D eigenvalue weighted by Crippen LogP contribution is 2.19. The average molecular weight is 407 g/mol. The van der Waals surface area contributed by atoms with Crippen LogP contribution in [0.15, 0.2) is 0 Å². The Morgan fingerprint density at radius 1 is 0.885 bits per heavy atom. The molecule has 0 heterocycles. The number of amides is 6. The minimum absolute atomic E-state index is 0.141. The molecule has 0 aromatic heterocycles. The van der Waals surface area contributed by atoms with Crippen LogP contribution in [-0.4, -0.2) is 48.5 Å². The molecule has 0 rings (SSSR count). The lowest BCUT2D eigenvalue weighted by molar-refractivity contribution is -0.120. The molecule has 0 fully saturated rings. The summed E-state index contributed by atoms with van der Waals surface area (Å²) in [6, 6.07) is -0.993. The van der Waals surface area contributed by atoms with Crippen LogP contribution in [-0.2, 0) is 9.59 Å². The van der Waals surface area contributed by atoms with Crippen molar-refractivity contribution >= 4 is 45.5 Å². The van der Waals surface area contributed by atoms with Gasteiger partial charge in [-0.2, -0.15) is 0 Å². The molecule has 0 spiro atoms. The molecule has 10 heteroatoms. The highest BCUT2D eigenvalue weighted by molar-refractivity contribution is 8.76. The van der Waals surface area contributed by atoms with Crippen molar-refractivity contribution in [2.75, 3.05) is 24.6 Å². The van der Waals surface area contributed by atoms with E-state index in [4.69, 9.17) is 0 Å². The molecule has 0 aliphatic heterocycles. The number of imide groups is 2. The first kappa shape index (κ1) is 24.6. The molecule has 0 aliphatic rings. The molecule has 0 saturated heterocycles. The second-order valence-electron chi connectivity index (χ2n) is 6.00. The molecule has 26 heavy (non-hydrogen) atoms. The van der Waals surface area contributed by atoms with Crippen LogP contribution in [0.2, 0.25) is 0 Å². The molecule has 0 aliphatic carbocycles. The summed E-state index contributed by atoms with van der Waals surface area (Å²) in [6.45, 7) is 6.86. The first-order valence-corrected chi connectivity index (χ1v) is 11.2.